The summed E-state index contributed by atoms with van der Waals surface area (Å²) in [7, 11) is 0. The number of hydrogen-bond acceptors (Lipinski definition) is 6. The Labute approximate surface area is 167 Å². The maximum absolute atomic E-state index is 12.9. The fourth-order valence-electron chi connectivity index (χ4n) is 3.73. The third-order valence-corrected chi connectivity index (χ3v) is 4.94. The lowest BCUT2D eigenvalue weighted by molar-refractivity contribution is -0.137. The zero-order valence-corrected chi connectivity index (χ0v) is 16.4. The Bertz CT molecular complexity index is 818. The fraction of sp³-hybridized carbons (Fsp3) is 0.500. The number of β-amino-alcohol motifs (C(OH)–C–C–N with tert-alkyl or cyclic N) is 1. The van der Waals surface area contributed by atoms with Gasteiger partial charge in [-0.2, -0.15) is 13.2 Å². The number of anilines is 1. The first kappa shape index (κ1) is 21.3. The van der Waals surface area contributed by atoms with Crippen LogP contribution in [0.25, 0.3) is 11.3 Å². The van der Waals surface area contributed by atoms with E-state index in [2.05, 4.69) is 20.4 Å². The highest BCUT2D eigenvalue weighted by atomic mass is 19.4. The molecule has 1 fully saturated rings. The topological polar surface area (TPSA) is 81.5 Å². The SMILES string of the molecule is Cc1cc(C(F)(F)F)cc(O)c1-c1ccc(N[C@H]2CCCN(C[C@H](C)O)C2)nn1. The highest BCUT2D eigenvalue weighted by Gasteiger charge is 2.32. The molecule has 6 nitrogen and oxygen atoms in total. The smallest absolute Gasteiger partial charge is 0.416 e. The van der Waals surface area contributed by atoms with Gasteiger partial charge in [-0.1, -0.05) is 0 Å². The van der Waals surface area contributed by atoms with Gasteiger partial charge in [-0.05, 0) is 63.1 Å². The summed E-state index contributed by atoms with van der Waals surface area (Å²) in [6, 6.07) is 5.19. The van der Waals surface area contributed by atoms with Crippen LogP contribution in [0.5, 0.6) is 5.75 Å². The molecule has 1 saturated heterocycles. The van der Waals surface area contributed by atoms with E-state index in [4.69, 9.17) is 0 Å². The lowest BCUT2D eigenvalue weighted by atomic mass is 10.0. The van der Waals surface area contributed by atoms with Crippen LogP contribution < -0.4 is 5.32 Å². The van der Waals surface area contributed by atoms with Gasteiger partial charge >= 0.3 is 6.18 Å². The molecule has 3 N–H and O–H groups in total. The number of aliphatic hydroxyl groups is 1. The number of alkyl halides is 3. The van der Waals surface area contributed by atoms with E-state index in [-0.39, 0.29) is 23.3 Å². The lowest BCUT2D eigenvalue weighted by Gasteiger charge is -2.33. The van der Waals surface area contributed by atoms with Gasteiger partial charge in [0.2, 0.25) is 0 Å². The second kappa shape index (κ2) is 8.54. The van der Waals surface area contributed by atoms with Crippen LogP contribution in [0.15, 0.2) is 24.3 Å². The van der Waals surface area contributed by atoms with Gasteiger partial charge in [-0.15, -0.1) is 10.2 Å². The first-order chi connectivity index (χ1) is 13.6. The van der Waals surface area contributed by atoms with E-state index in [1.165, 1.54) is 6.92 Å². The Morgan fingerprint density at radius 1 is 1.28 bits per heavy atom. The number of phenolic OH excluding ortho intramolecular Hbond substituents is 1. The number of aromatic nitrogens is 2. The molecule has 0 aliphatic carbocycles. The van der Waals surface area contributed by atoms with Crippen molar-refractivity contribution in [3.8, 4) is 17.0 Å². The summed E-state index contributed by atoms with van der Waals surface area (Å²) in [4.78, 5) is 2.19. The van der Waals surface area contributed by atoms with Crippen molar-refractivity contribution in [2.45, 2.75) is 45.0 Å². The number of piperidine rings is 1. The zero-order valence-electron chi connectivity index (χ0n) is 16.4. The molecule has 2 atom stereocenters. The van der Waals surface area contributed by atoms with Gasteiger partial charge in [0.1, 0.15) is 11.6 Å². The molecule has 0 spiro atoms. The second-order valence-corrected chi connectivity index (χ2v) is 7.58. The van der Waals surface area contributed by atoms with Crippen molar-refractivity contribution in [3.05, 3.63) is 35.4 Å². The van der Waals surface area contributed by atoms with Gasteiger partial charge in [-0.25, -0.2) is 0 Å². The standard InChI is InChI=1S/C20H25F3N4O2/c1-12-8-14(20(21,22)23)9-17(29)19(12)16-5-6-18(26-25-16)24-15-4-3-7-27(11-15)10-13(2)28/h5-6,8-9,13,15,28-29H,3-4,7,10-11H2,1-2H3,(H,24,26)/t13-,15-/m0/s1. The van der Waals surface area contributed by atoms with E-state index in [9.17, 15) is 23.4 Å². The van der Waals surface area contributed by atoms with Crippen LogP contribution in [0.4, 0.5) is 19.0 Å². The van der Waals surface area contributed by atoms with E-state index >= 15 is 0 Å². The summed E-state index contributed by atoms with van der Waals surface area (Å²) in [5.41, 5.74) is -0.0913. The summed E-state index contributed by atoms with van der Waals surface area (Å²) in [6.45, 7) is 5.61. The van der Waals surface area contributed by atoms with Crippen molar-refractivity contribution in [3.63, 3.8) is 0 Å². The van der Waals surface area contributed by atoms with Gasteiger partial charge in [0, 0.05) is 24.7 Å². The van der Waals surface area contributed by atoms with Crippen LogP contribution >= 0.6 is 0 Å². The molecular formula is C20H25F3N4O2. The highest BCUT2D eigenvalue weighted by Crippen LogP contribution is 2.38. The molecule has 1 aromatic carbocycles. The number of nitrogens with zero attached hydrogens (tertiary/aromatic N) is 3. The number of aromatic hydroxyl groups is 1. The first-order valence-electron chi connectivity index (χ1n) is 9.55. The van der Waals surface area contributed by atoms with Gasteiger partial charge in [0.15, 0.2) is 0 Å². The van der Waals surface area contributed by atoms with Gasteiger partial charge < -0.3 is 15.5 Å². The molecule has 0 unspecified atom stereocenters. The van der Waals surface area contributed by atoms with Crippen molar-refractivity contribution in [1.82, 2.24) is 15.1 Å². The first-order valence-corrected chi connectivity index (χ1v) is 9.55. The van der Waals surface area contributed by atoms with Gasteiger partial charge in [-0.3, -0.25) is 4.90 Å². The summed E-state index contributed by atoms with van der Waals surface area (Å²) >= 11 is 0. The van der Waals surface area contributed by atoms with E-state index in [0.29, 0.717) is 24.1 Å². The van der Waals surface area contributed by atoms with Crippen LogP contribution in [0.1, 0.15) is 30.9 Å². The Kier molecular flexibility index (Phi) is 6.28. The Morgan fingerprint density at radius 3 is 2.62 bits per heavy atom. The number of aryl methyl sites for hydroxylation is 1. The molecular weight excluding hydrogens is 385 g/mol. The molecule has 3 rings (SSSR count). The summed E-state index contributed by atoms with van der Waals surface area (Å²) in [5.74, 6) is 0.0788. The molecule has 1 aliphatic heterocycles. The average Bonchev–Trinajstić information content (AvgIpc) is 2.61. The van der Waals surface area contributed by atoms with Crippen molar-refractivity contribution < 1.29 is 23.4 Å². The van der Waals surface area contributed by atoms with Gasteiger partial charge in [0.05, 0.1) is 17.4 Å². The van der Waals surface area contributed by atoms with E-state index < -0.39 is 17.5 Å². The van der Waals surface area contributed by atoms with Crippen LogP contribution in [0.2, 0.25) is 0 Å². The molecule has 2 aromatic rings. The molecule has 0 amide bonds. The van der Waals surface area contributed by atoms with Gasteiger partial charge in [0.25, 0.3) is 0 Å². The van der Waals surface area contributed by atoms with Crippen molar-refractivity contribution in [2.24, 2.45) is 0 Å². The number of likely N-dealkylation sites (tertiary alicyclic amines) is 1. The molecule has 0 bridgehead atoms. The minimum atomic E-state index is -4.53. The Hall–Kier alpha value is -2.39. The molecule has 29 heavy (non-hydrogen) atoms. The summed E-state index contributed by atoms with van der Waals surface area (Å²) < 4.78 is 38.7. The number of benzene rings is 1. The molecule has 0 radical (unpaired) electrons. The molecule has 9 heteroatoms. The maximum Gasteiger partial charge on any atom is 0.416 e. The number of aliphatic hydroxyl groups excluding tert-OH is 1. The third kappa shape index (κ3) is 5.36. The fourth-order valence-corrected chi connectivity index (χ4v) is 3.73. The summed E-state index contributed by atoms with van der Waals surface area (Å²) in [5, 5.41) is 31.2. The minimum Gasteiger partial charge on any atom is -0.507 e. The van der Waals surface area contributed by atoms with E-state index in [0.717, 1.165) is 32.0 Å². The molecule has 0 saturated carbocycles. The third-order valence-electron chi connectivity index (χ3n) is 4.94. The van der Waals surface area contributed by atoms with Crippen LogP contribution in [0.3, 0.4) is 0 Å². The largest absolute Gasteiger partial charge is 0.507 e. The normalized spacial score (nSPS) is 19.2. The number of rotatable bonds is 5. The van der Waals surface area contributed by atoms with E-state index in [1.54, 1.807) is 19.1 Å². The monoisotopic (exact) mass is 410 g/mol. The second-order valence-electron chi connectivity index (χ2n) is 7.58. The predicted octanol–water partition coefficient (Wildman–Crippen LogP) is 3.43. The minimum absolute atomic E-state index is 0.170. The maximum atomic E-state index is 12.9. The van der Waals surface area contributed by atoms with Crippen molar-refractivity contribution in [2.75, 3.05) is 25.0 Å². The van der Waals surface area contributed by atoms with Crippen molar-refractivity contribution >= 4 is 5.82 Å². The predicted molar refractivity (Wildman–Crippen MR) is 104 cm³/mol. The Morgan fingerprint density at radius 2 is 2.03 bits per heavy atom. The van der Waals surface area contributed by atoms with Crippen LogP contribution in [-0.4, -0.2) is 57.1 Å². The quantitative estimate of drug-likeness (QED) is 0.701. The summed E-state index contributed by atoms with van der Waals surface area (Å²) in [6.07, 6.45) is -2.93. The number of hydrogen-bond donors (Lipinski definition) is 3. The molecule has 2 heterocycles. The number of halogens is 3. The highest BCUT2D eigenvalue weighted by molar-refractivity contribution is 5.71. The van der Waals surface area contributed by atoms with Crippen LogP contribution in [-0.2, 0) is 6.18 Å². The number of phenols is 1. The molecule has 1 aromatic heterocycles. The average molecular weight is 410 g/mol. The zero-order chi connectivity index (χ0) is 21.2. The Balaban J connectivity index is 1.72. The number of nitrogens with one attached hydrogen (secondary N) is 1. The molecule has 158 valence electrons. The van der Waals surface area contributed by atoms with E-state index in [1.807, 2.05) is 0 Å². The lowest BCUT2D eigenvalue weighted by Crippen LogP contribution is -2.44. The molecule has 1 aliphatic rings. The van der Waals surface area contributed by atoms with Crippen LogP contribution in [0, 0.1) is 6.92 Å². The van der Waals surface area contributed by atoms with Crippen molar-refractivity contribution in [1.29, 1.82) is 0 Å².